The van der Waals surface area contributed by atoms with Crippen LogP contribution in [0.15, 0.2) is 22.7 Å². The molecule has 1 rings (SSSR count). The van der Waals surface area contributed by atoms with E-state index in [-0.39, 0.29) is 0 Å². The van der Waals surface area contributed by atoms with Gasteiger partial charge >= 0.3 is 0 Å². The van der Waals surface area contributed by atoms with E-state index >= 15 is 0 Å². The molecular weight excluding hydrogens is 315 g/mol. The summed E-state index contributed by atoms with van der Waals surface area (Å²) in [7, 11) is 0. The van der Waals surface area contributed by atoms with Gasteiger partial charge in [0, 0.05) is 8.04 Å². The summed E-state index contributed by atoms with van der Waals surface area (Å²) in [5, 5.41) is 0. The third kappa shape index (κ3) is 2.44. The molecule has 0 atom stereocenters. The molecule has 0 aromatic heterocycles. The molecule has 0 saturated heterocycles. The summed E-state index contributed by atoms with van der Waals surface area (Å²) in [6, 6.07) is 6.41. The average molecular weight is 324 g/mol. The van der Waals surface area contributed by atoms with Crippen LogP contribution < -0.4 is 0 Å². The first kappa shape index (κ1) is 9.52. The van der Waals surface area contributed by atoms with Gasteiger partial charge in [0.2, 0.25) is 0 Å². The third-order valence-electron chi connectivity index (χ3n) is 1.50. The predicted octanol–water partition coefficient (Wildman–Crippen LogP) is 4.02. The van der Waals surface area contributed by atoms with E-state index in [0.717, 1.165) is 0 Å². The van der Waals surface area contributed by atoms with Crippen LogP contribution in [-0.2, 0) is 0 Å². The maximum absolute atomic E-state index is 3.49. The molecule has 0 N–H and O–H groups in total. The van der Waals surface area contributed by atoms with Crippen molar-refractivity contribution in [2.75, 3.05) is 0 Å². The van der Waals surface area contributed by atoms with E-state index in [1.165, 1.54) is 19.5 Å². The van der Waals surface area contributed by atoms with E-state index in [0.29, 0.717) is 0 Å². The van der Waals surface area contributed by atoms with Crippen LogP contribution in [-0.4, -0.2) is 0 Å². The molecule has 0 spiro atoms. The van der Waals surface area contributed by atoms with Crippen molar-refractivity contribution in [1.29, 1.82) is 0 Å². The highest BCUT2D eigenvalue weighted by Gasteiger charge is 2.01. The maximum Gasteiger partial charge on any atom is 0.0311 e. The van der Waals surface area contributed by atoms with Gasteiger partial charge in [0.15, 0.2) is 0 Å². The second-order valence-corrected chi connectivity index (χ2v) is 4.65. The van der Waals surface area contributed by atoms with Crippen LogP contribution in [0.4, 0.5) is 0 Å². The molecule has 0 aliphatic carbocycles. The molecule has 1 aromatic rings. The van der Waals surface area contributed by atoms with Gasteiger partial charge in [-0.2, -0.15) is 0 Å². The lowest BCUT2D eigenvalue weighted by Crippen LogP contribution is -1.88. The Morgan fingerprint density at radius 2 is 2.00 bits per heavy atom. The fraction of sp³-hybridized carbons (Fsp3) is 0.222. The summed E-state index contributed by atoms with van der Waals surface area (Å²) in [6.07, 6.45) is 0. The average Bonchev–Trinajstić information content (AvgIpc) is 1.94. The van der Waals surface area contributed by atoms with Gasteiger partial charge in [0.25, 0.3) is 0 Å². The monoisotopic (exact) mass is 323 g/mol. The van der Waals surface area contributed by atoms with Crippen LogP contribution in [0, 0.1) is 9.49 Å². The largest absolute Gasteiger partial charge is 0.0573 e. The van der Waals surface area contributed by atoms with Gasteiger partial charge in [0.1, 0.15) is 0 Å². The van der Waals surface area contributed by atoms with Crippen molar-refractivity contribution in [1.82, 2.24) is 0 Å². The molecule has 1 radical (unpaired) electrons. The summed E-state index contributed by atoms with van der Waals surface area (Å²) in [5.74, 6) is 1.35. The van der Waals surface area contributed by atoms with Crippen molar-refractivity contribution in [3.05, 3.63) is 37.7 Å². The lowest BCUT2D eigenvalue weighted by atomic mass is 10.0. The molecule has 59 valence electrons. The molecule has 0 saturated carbocycles. The second kappa shape index (κ2) is 3.90. The normalized spacial score (nSPS) is 10.6. The smallest absolute Gasteiger partial charge is 0.0311 e. The SMILES string of the molecule is C[C](C)c1ccc(I)c(Br)c1. The Hall–Kier alpha value is 0.430. The van der Waals surface area contributed by atoms with E-state index in [1.807, 2.05) is 0 Å². The van der Waals surface area contributed by atoms with Crippen LogP contribution in [0.3, 0.4) is 0 Å². The standard InChI is InChI=1S/C9H9BrI/c1-6(2)7-3-4-9(11)8(10)5-7/h3-5H,1-2H3. The summed E-state index contributed by atoms with van der Waals surface area (Å²) in [5.41, 5.74) is 1.30. The molecule has 0 fully saturated rings. The van der Waals surface area contributed by atoms with Gasteiger partial charge in [-0.3, -0.25) is 0 Å². The zero-order chi connectivity index (χ0) is 8.43. The van der Waals surface area contributed by atoms with Gasteiger partial charge in [-0.1, -0.05) is 19.9 Å². The minimum Gasteiger partial charge on any atom is -0.0573 e. The molecule has 0 nitrogen and oxygen atoms in total. The third-order valence-corrected chi connectivity index (χ3v) is 3.83. The van der Waals surface area contributed by atoms with Gasteiger partial charge in [-0.05, 0) is 62.1 Å². The Balaban J connectivity index is 3.05. The predicted molar refractivity (Wildman–Crippen MR) is 60.6 cm³/mol. The zero-order valence-corrected chi connectivity index (χ0v) is 10.2. The number of rotatable bonds is 1. The van der Waals surface area contributed by atoms with Crippen LogP contribution >= 0.6 is 38.5 Å². The number of hydrogen-bond donors (Lipinski definition) is 0. The molecule has 2 heteroatoms. The summed E-state index contributed by atoms with van der Waals surface area (Å²) >= 11 is 5.80. The molecule has 11 heavy (non-hydrogen) atoms. The molecule has 0 bridgehead atoms. The first-order valence-corrected chi connectivity index (χ1v) is 5.24. The highest BCUT2D eigenvalue weighted by Crippen LogP contribution is 2.23. The van der Waals surface area contributed by atoms with E-state index in [4.69, 9.17) is 0 Å². The number of hydrogen-bond acceptors (Lipinski definition) is 0. The molecule has 1 aromatic carbocycles. The highest BCUT2D eigenvalue weighted by molar-refractivity contribution is 14.1. The minimum absolute atomic E-state index is 1.18. The molecule has 0 aliphatic rings. The van der Waals surface area contributed by atoms with Gasteiger partial charge < -0.3 is 0 Å². The van der Waals surface area contributed by atoms with Crippen molar-refractivity contribution in [3.8, 4) is 0 Å². The Kier molecular flexibility index (Phi) is 3.37. The van der Waals surface area contributed by atoms with E-state index < -0.39 is 0 Å². The van der Waals surface area contributed by atoms with Crippen LogP contribution in [0.25, 0.3) is 0 Å². The summed E-state index contributed by atoms with van der Waals surface area (Å²) < 4.78 is 2.43. The van der Waals surface area contributed by atoms with Crippen LogP contribution in [0.1, 0.15) is 19.4 Å². The van der Waals surface area contributed by atoms with Crippen molar-refractivity contribution in [2.24, 2.45) is 0 Å². The van der Waals surface area contributed by atoms with Crippen LogP contribution in [0.5, 0.6) is 0 Å². The Morgan fingerprint density at radius 3 is 2.45 bits per heavy atom. The molecule has 0 amide bonds. The number of halogens is 2. The highest BCUT2D eigenvalue weighted by atomic mass is 127. The zero-order valence-electron chi connectivity index (χ0n) is 6.49. The van der Waals surface area contributed by atoms with Crippen molar-refractivity contribution < 1.29 is 0 Å². The van der Waals surface area contributed by atoms with E-state index in [1.54, 1.807) is 0 Å². The Bertz CT molecular complexity index is 256. The molecule has 0 unspecified atom stereocenters. The van der Waals surface area contributed by atoms with Crippen LogP contribution in [0.2, 0.25) is 0 Å². The van der Waals surface area contributed by atoms with Gasteiger partial charge in [-0.15, -0.1) is 0 Å². The number of benzene rings is 1. The topological polar surface area (TPSA) is 0 Å². The fourth-order valence-electron chi connectivity index (χ4n) is 0.807. The van der Waals surface area contributed by atoms with E-state index in [9.17, 15) is 0 Å². The van der Waals surface area contributed by atoms with Crippen molar-refractivity contribution in [2.45, 2.75) is 13.8 Å². The van der Waals surface area contributed by atoms with Gasteiger partial charge in [-0.25, -0.2) is 0 Å². The Labute approximate surface area is 89.7 Å². The fourth-order valence-corrected chi connectivity index (χ4v) is 1.52. The van der Waals surface area contributed by atoms with Gasteiger partial charge in [0.05, 0.1) is 0 Å². The summed E-state index contributed by atoms with van der Waals surface area (Å²) in [6.45, 7) is 4.24. The summed E-state index contributed by atoms with van der Waals surface area (Å²) in [4.78, 5) is 0. The molecule has 0 heterocycles. The first-order chi connectivity index (χ1) is 5.11. The minimum atomic E-state index is 1.18. The lowest BCUT2D eigenvalue weighted by molar-refractivity contribution is 1.14. The quantitative estimate of drug-likeness (QED) is 0.685. The van der Waals surface area contributed by atoms with E-state index in [2.05, 4.69) is 70.6 Å². The molecule has 0 aliphatic heterocycles. The maximum atomic E-state index is 3.49. The second-order valence-electron chi connectivity index (χ2n) is 2.63. The Morgan fingerprint density at radius 1 is 1.36 bits per heavy atom. The van der Waals surface area contributed by atoms with Crippen molar-refractivity contribution >= 4 is 38.5 Å². The van der Waals surface area contributed by atoms with Crippen molar-refractivity contribution in [3.63, 3.8) is 0 Å². The molecular formula is C9H9BrI. The first-order valence-electron chi connectivity index (χ1n) is 3.37. The lowest BCUT2D eigenvalue weighted by Gasteiger charge is -2.05.